The number of aromatic nitrogens is 1. The molecule has 1 aromatic heterocycles. The van der Waals surface area contributed by atoms with Gasteiger partial charge in [-0.3, -0.25) is 0 Å². The average molecular weight is 255 g/mol. The molecule has 0 atom stereocenters. The maximum absolute atomic E-state index is 13.1. The number of benzene rings is 1. The van der Waals surface area contributed by atoms with Gasteiger partial charge in [0.1, 0.15) is 5.82 Å². The Morgan fingerprint density at radius 1 is 1.35 bits per heavy atom. The second kappa shape index (κ2) is 4.14. The van der Waals surface area contributed by atoms with Crippen molar-refractivity contribution in [3.63, 3.8) is 0 Å². The third-order valence-corrected chi connectivity index (χ3v) is 4.48. The lowest BCUT2D eigenvalue weighted by molar-refractivity contribution is 0.596. The fraction of sp³-hybridized carbons (Fsp3) is 0.333. The van der Waals surface area contributed by atoms with Crippen LogP contribution < -0.4 is 0 Å². The second-order valence-corrected chi connectivity index (χ2v) is 6.46. The van der Waals surface area contributed by atoms with Crippen LogP contribution in [0, 0.1) is 5.82 Å². The van der Waals surface area contributed by atoms with Crippen LogP contribution in [0.3, 0.4) is 0 Å². The summed E-state index contributed by atoms with van der Waals surface area (Å²) in [6.07, 6.45) is 1.75. The molecule has 0 amide bonds. The first kappa shape index (κ1) is 12.1. The number of hydrogen-bond acceptors (Lipinski definition) is 2. The molecule has 0 aliphatic carbocycles. The molecule has 0 aliphatic heterocycles. The Balaban J connectivity index is 2.57. The Morgan fingerprint density at radius 3 is 2.71 bits per heavy atom. The molecule has 0 saturated heterocycles. The molecule has 0 bridgehead atoms. The van der Waals surface area contributed by atoms with Crippen molar-refractivity contribution in [2.45, 2.75) is 12.7 Å². The van der Waals surface area contributed by atoms with Crippen LogP contribution in [0.2, 0.25) is 0 Å². The molecule has 3 nitrogen and oxygen atoms in total. The minimum Gasteiger partial charge on any atom is -0.350 e. The molecule has 0 spiro atoms. The Hall–Kier alpha value is -1.36. The highest BCUT2D eigenvalue weighted by molar-refractivity contribution is 7.90. The standard InChI is InChI=1S/C12H14FNO2S/c1-3-17(15,16)8-9-7-14(2)12-6-10(13)4-5-11(9)12/h4-7H,3,8H2,1-2H3. The summed E-state index contributed by atoms with van der Waals surface area (Å²) in [6.45, 7) is 1.63. The average Bonchev–Trinajstić information content (AvgIpc) is 2.55. The van der Waals surface area contributed by atoms with Crippen molar-refractivity contribution in [1.82, 2.24) is 4.57 Å². The van der Waals surface area contributed by atoms with E-state index >= 15 is 0 Å². The van der Waals surface area contributed by atoms with Gasteiger partial charge < -0.3 is 4.57 Å². The van der Waals surface area contributed by atoms with Gasteiger partial charge in [0.15, 0.2) is 9.84 Å². The van der Waals surface area contributed by atoms with Crippen molar-refractivity contribution in [1.29, 1.82) is 0 Å². The Morgan fingerprint density at radius 2 is 2.06 bits per heavy atom. The van der Waals surface area contributed by atoms with Crippen LogP contribution in [-0.4, -0.2) is 18.7 Å². The van der Waals surface area contributed by atoms with Gasteiger partial charge in [-0.05, 0) is 23.8 Å². The topological polar surface area (TPSA) is 39.1 Å². The lowest BCUT2D eigenvalue weighted by Gasteiger charge is -1.99. The first-order valence-electron chi connectivity index (χ1n) is 5.37. The molecule has 0 unspecified atom stereocenters. The normalized spacial score (nSPS) is 12.2. The fourth-order valence-electron chi connectivity index (χ4n) is 1.89. The van der Waals surface area contributed by atoms with Gasteiger partial charge in [0.2, 0.25) is 0 Å². The van der Waals surface area contributed by atoms with E-state index in [0.29, 0.717) is 5.52 Å². The third kappa shape index (κ3) is 2.34. The van der Waals surface area contributed by atoms with E-state index in [2.05, 4.69) is 0 Å². The van der Waals surface area contributed by atoms with E-state index in [1.165, 1.54) is 12.1 Å². The smallest absolute Gasteiger partial charge is 0.154 e. The van der Waals surface area contributed by atoms with Crippen LogP contribution >= 0.6 is 0 Å². The third-order valence-electron chi connectivity index (χ3n) is 2.85. The van der Waals surface area contributed by atoms with Crippen molar-refractivity contribution in [2.24, 2.45) is 7.05 Å². The van der Waals surface area contributed by atoms with Crippen LogP contribution in [0.5, 0.6) is 0 Å². The molecule has 2 rings (SSSR count). The van der Waals surface area contributed by atoms with E-state index in [0.717, 1.165) is 10.9 Å². The molecule has 0 aliphatic rings. The van der Waals surface area contributed by atoms with Gasteiger partial charge >= 0.3 is 0 Å². The molecule has 0 radical (unpaired) electrons. The molecular formula is C12H14FNO2S. The summed E-state index contributed by atoms with van der Waals surface area (Å²) in [6, 6.07) is 4.40. The maximum atomic E-state index is 13.1. The predicted molar refractivity (Wildman–Crippen MR) is 66.0 cm³/mol. The number of nitrogens with zero attached hydrogens (tertiary/aromatic N) is 1. The minimum atomic E-state index is -3.07. The van der Waals surface area contributed by atoms with Gasteiger partial charge in [-0.25, -0.2) is 12.8 Å². The number of halogens is 1. The Labute approximate surface area is 99.8 Å². The van der Waals surface area contributed by atoms with Crippen LogP contribution in [-0.2, 0) is 22.6 Å². The summed E-state index contributed by atoms with van der Waals surface area (Å²) in [4.78, 5) is 0. The zero-order chi connectivity index (χ0) is 12.6. The van der Waals surface area contributed by atoms with Gasteiger partial charge in [-0.1, -0.05) is 6.92 Å². The number of fused-ring (bicyclic) bond motifs is 1. The van der Waals surface area contributed by atoms with Gasteiger partial charge in [0.25, 0.3) is 0 Å². The first-order chi connectivity index (χ1) is 7.93. The molecule has 1 aromatic carbocycles. The van der Waals surface area contributed by atoms with E-state index < -0.39 is 9.84 Å². The Kier molecular flexibility index (Phi) is 2.95. The van der Waals surface area contributed by atoms with E-state index in [4.69, 9.17) is 0 Å². The molecular weight excluding hydrogens is 241 g/mol. The van der Waals surface area contributed by atoms with Crippen molar-refractivity contribution in [2.75, 3.05) is 5.75 Å². The van der Waals surface area contributed by atoms with Crippen LogP contribution in [0.25, 0.3) is 10.9 Å². The number of sulfone groups is 1. The van der Waals surface area contributed by atoms with Gasteiger partial charge in [-0.2, -0.15) is 0 Å². The molecule has 1 heterocycles. The quantitative estimate of drug-likeness (QED) is 0.843. The molecule has 5 heteroatoms. The summed E-state index contributed by atoms with van der Waals surface area (Å²) < 4.78 is 38.1. The Bertz CT molecular complexity index is 658. The highest BCUT2D eigenvalue weighted by Crippen LogP contribution is 2.23. The number of rotatable bonds is 3. The zero-order valence-corrected chi connectivity index (χ0v) is 10.6. The molecule has 0 N–H and O–H groups in total. The van der Waals surface area contributed by atoms with E-state index in [-0.39, 0.29) is 17.3 Å². The molecule has 0 fully saturated rings. The summed E-state index contributed by atoms with van der Waals surface area (Å²) in [5, 5.41) is 0.797. The summed E-state index contributed by atoms with van der Waals surface area (Å²) in [5.74, 6) is -0.194. The van der Waals surface area contributed by atoms with Gasteiger partial charge in [0, 0.05) is 24.4 Å². The van der Waals surface area contributed by atoms with Crippen LogP contribution in [0.1, 0.15) is 12.5 Å². The van der Waals surface area contributed by atoms with Gasteiger partial charge in [-0.15, -0.1) is 0 Å². The maximum Gasteiger partial charge on any atom is 0.154 e. The van der Waals surface area contributed by atoms with Crippen molar-refractivity contribution >= 4 is 20.7 Å². The zero-order valence-electron chi connectivity index (χ0n) is 9.77. The highest BCUT2D eigenvalue weighted by Gasteiger charge is 2.14. The van der Waals surface area contributed by atoms with E-state index in [9.17, 15) is 12.8 Å². The summed E-state index contributed by atoms with van der Waals surface area (Å²) >= 11 is 0. The van der Waals surface area contributed by atoms with Crippen molar-refractivity contribution in [3.8, 4) is 0 Å². The van der Waals surface area contributed by atoms with Gasteiger partial charge in [0.05, 0.1) is 11.3 Å². The first-order valence-corrected chi connectivity index (χ1v) is 7.19. The monoisotopic (exact) mass is 255 g/mol. The fourth-order valence-corrected chi connectivity index (χ4v) is 2.80. The SMILES string of the molecule is CCS(=O)(=O)Cc1cn(C)c2cc(F)ccc12. The lowest BCUT2D eigenvalue weighted by atomic mass is 10.2. The second-order valence-electron chi connectivity index (χ2n) is 4.10. The molecule has 2 aromatic rings. The van der Waals surface area contributed by atoms with E-state index in [1.54, 1.807) is 30.8 Å². The largest absolute Gasteiger partial charge is 0.350 e. The summed E-state index contributed by atoms with van der Waals surface area (Å²) in [7, 11) is -1.29. The van der Waals surface area contributed by atoms with Crippen molar-refractivity contribution in [3.05, 3.63) is 35.8 Å². The van der Waals surface area contributed by atoms with E-state index in [1.807, 2.05) is 0 Å². The van der Waals surface area contributed by atoms with Crippen LogP contribution in [0.15, 0.2) is 24.4 Å². The number of aryl methyl sites for hydroxylation is 1. The van der Waals surface area contributed by atoms with Crippen LogP contribution in [0.4, 0.5) is 4.39 Å². The predicted octanol–water partition coefficient (Wildman–Crippen LogP) is 2.25. The minimum absolute atomic E-state index is 0.00642. The molecule has 0 saturated carbocycles. The molecule has 92 valence electrons. The lowest BCUT2D eigenvalue weighted by Crippen LogP contribution is -2.06. The molecule has 17 heavy (non-hydrogen) atoms. The summed E-state index contributed by atoms with van der Waals surface area (Å²) in [5.41, 5.74) is 1.44. The number of hydrogen-bond donors (Lipinski definition) is 0. The highest BCUT2D eigenvalue weighted by atomic mass is 32.2. The van der Waals surface area contributed by atoms with Crippen molar-refractivity contribution < 1.29 is 12.8 Å².